The van der Waals surface area contributed by atoms with Gasteiger partial charge in [-0.1, -0.05) is 18.2 Å². The summed E-state index contributed by atoms with van der Waals surface area (Å²) in [6.07, 6.45) is 0. The lowest BCUT2D eigenvalue weighted by Crippen LogP contribution is -2.07. The lowest BCUT2D eigenvalue weighted by atomic mass is 10.2. The van der Waals surface area contributed by atoms with Gasteiger partial charge in [0.25, 0.3) is 0 Å². The number of halogens is 3. The molecule has 0 amide bonds. The number of nitrogens with one attached hydrogen (secondary N) is 1. The molecule has 88 valence electrons. The van der Waals surface area contributed by atoms with Gasteiger partial charge in [0.15, 0.2) is 17.4 Å². The molecule has 0 saturated heterocycles. The molecular weight excluding hydrogens is 236 g/mol. The first-order chi connectivity index (χ1) is 7.54. The molecule has 0 fully saturated rings. The van der Waals surface area contributed by atoms with Crippen molar-refractivity contribution in [2.45, 2.75) is 6.54 Å². The van der Waals surface area contributed by atoms with E-state index < -0.39 is 17.4 Å². The summed E-state index contributed by atoms with van der Waals surface area (Å²) in [4.78, 5) is 0. The normalized spacial score (nSPS) is 10.2. The molecule has 5 heteroatoms. The van der Waals surface area contributed by atoms with Gasteiger partial charge in [0, 0.05) is 11.6 Å². The van der Waals surface area contributed by atoms with Gasteiger partial charge in [-0.25, -0.2) is 8.78 Å². The topological polar surface area (TPSA) is 21.3 Å². The van der Waals surface area contributed by atoms with E-state index in [9.17, 15) is 8.78 Å². The predicted octanol–water partition coefficient (Wildman–Crippen LogP) is 2.82. The van der Waals surface area contributed by atoms with Gasteiger partial charge < -0.3 is 10.1 Å². The van der Waals surface area contributed by atoms with E-state index >= 15 is 0 Å². The molecule has 0 aliphatic rings. The van der Waals surface area contributed by atoms with Crippen LogP contribution >= 0.6 is 11.6 Å². The molecule has 0 aliphatic carbocycles. The Bertz CT molecular complexity index is 373. The molecule has 0 unspecified atom stereocenters. The van der Waals surface area contributed by atoms with Crippen molar-refractivity contribution in [3.05, 3.63) is 40.9 Å². The first-order valence-corrected chi connectivity index (χ1v) is 5.01. The summed E-state index contributed by atoms with van der Waals surface area (Å²) in [6, 6.07) is 2.43. The highest BCUT2D eigenvalue weighted by atomic mass is 35.5. The van der Waals surface area contributed by atoms with E-state index in [0.29, 0.717) is 12.1 Å². The van der Waals surface area contributed by atoms with Gasteiger partial charge in [-0.15, -0.1) is 0 Å². The molecule has 1 aromatic carbocycles. The summed E-state index contributed by atoms with van der Waals surface area (Å²) in [5.41, 5.74) is 0.509. The molecule has 1 N–H and O–H groups in total. The molecule has 0 radical (unpaired) electrons. The van der Waals surface area contributed by atoms with Crippen LogP contribution in [0.3, 0.4) is 0 Å². The maximum absolute atomic E-state index is 13.4. The third-order valence-electron chi connectivity index (χ3n) is 1.81. The second kappa shape index (κ2) is 5.82. The summed E-state index contributed by atoms with van der Waals surface area (Å²) < 4.78 is 31.7. The van der Waals surface area contributed by atoms with Gasteiger partial charge in [0.05, 0.1) is 0 Å². The Labute approximate surface area is 97.9 Å². The van der Waals surface area contributed by atoms with Gasteiger partial charge in [-0.2, -0.15) is 0 Å². The largest absolute Gasteiger partial charge is 0.482 e. The predicted molar refractivity (Wildman–Crippen MR) is 59.6 cm³/mol. The molecule has 1 aromatic rings. The fourth-order valence-electron chi connectivity index (χ4n) is 1.21. The molecule has 0 aliphatic heterocycles. The molecule has 0 bridgehead atoms. The lowest BCUT2D eigenvalue weighted by molar-refractivity contribution is 0.317. The zero-order valence-corrected chi connectivity index (χ0v) is 9.57. The van der Waals surface area contributed by atoms with Gasteiger partial charge in [-0.05, 0) is 24.7 Å². The highest BCUT2D eigenvalue weighted by Crippen LogP contribution is 2.24. The van der Waals surface area contributed by atoms with Crippen molar-refractivity contribution >= 4 is 11.6 Å². The second-order valence-electron chi connectivity index (χ2n) is 3.22. The van der Waals surface area contributed by atoms with Crippen molar-refractivity contribution in [1.29, 1.82) is 0 Å². The van der Waals surface area contributed by atoms with Crippen LogP contribution in [0.1, 0.15) is 5.56 Å². The van der Waals surface area contributed by atoms with Crippen molar-refractivity contribution in [2.24, 2.45) is 0 Å². The Morgan fingerprint density at radius 3 is 2.44 bits per heavy atom. The van der Waals surface area contributed by atoms with Crippen LogP contribution in [0.2, 0.25) is 0 Å². The maximum atomic E-state index is 13.4. The first kappa shape index (κ1) is 12.9. The van der Waals surface area contributed by atoms with E-state index in [0.717, 1.165) is 0 Å². The van der Waals surface area contributed by atoms with Crippen LogP contribution < -0.4 is 10.1 Å². The first-order valence-electron chi connectivity index (χ1n) is 4.63. The number of rotatable bonds is 5. The SMILES string of the molecule is C=C(Cl)COc1c(F)cc(CNC)cc1F. The maximum Gasteiger partial charge on any atom is 0.191 e. The zero-order valence-electron chi connectivity index (χ0n) is 8.82. The van der Waals surface area contributed by atoms with Crippen LogP contribution in [-0.2, 0) is 6.54 Å². The zero-order chi connectivity index (χ0) is 12.1. The molecule has 1 rings (SSSR count). The number of hydrogen-bond acceptors (Lipinski definition) is 2. The summed E-state index contributed by atoms with van der Waals surface area (Å²) in [6.45, 7) is 3.62. The average Bonchev–Trinajstić information content (AvgIpc) is 2.16. The van der Waals surface area contributed by atoms with Crippen molar-refractivity contribution < 1.29 is 13.5 Å². The quantitative estimate of drug-likeness (QED) is 0.864. The molecule has 0 spiro atoms. The standard InChI is InChI=1S/C11H12ClF2NO/c1-7(12)6-16-11-9(13)3-8(5-15-2)4-10(11)14/h3-4,15H,1,5-6H2,2H3. The lowest BCUT2D eigenvalue weighted by Gasteiger charge is -2.09. The number of hydrogen-bond donors (Lipinski definition) is 1. The fraction of sp³-hybridized carbons (Fsp3) is 0.273. The third-order valence-corrected chi connectivity index (χ3v) is 1.92. The Balaban J connectivity index is 2.89. The average molecular weight is 248 g/mol. The summed E-state index contributed by atoms with van der Waals surface area (Å²) >= 11 is 5.44. The van der Waals surface area contributed by atoms with Crippen LogP contribution in [0.4, 0.5) is 8.78 Å². The van der Waals surface area contributed by atoms with E-state index in [-0.39, 0.29) is 11.6 Å². The van der Waals surface area contributed by atoms with Crippen LogP contribution in [0.5, 0.6) is 5.75 Å². The molecule has 0 atom stereocenters. The van der Waals surface area contributed by atoms with Crippen LogP contribution in [0.25, 0.3) is 0 Å². The van der Waals surface area contributed by atoms with Crippen molar-refractivity contribution in [2.75, 3.05) is 13.7 Å². The Hall–Kier alpha value is -1.13. The Kier molecular flexibility index (Phi) is 4.71. The van der Waals surface area contributed by atoms with Gasteiger partial charge >= 0.3 is 0 Å². The van der Waals surface area contributed by atoms with Crippen molar-refractivity contribution in [3.8, 4) is 5.75 Å². The molecule has 2 nitrogen and oxygen atoms in total. The fourth-order valence-corrected chi connectivity index (χ4v) is 1.26. The highest BCUT2D eigenvalue weighted by molar-refractivity contribution is 6.29. The minimum atomic E-state index is -0.747. The third kappa shape index (κ3) is 3.47. The highest BCUT2D eigenvalue weighted by Gasteiger charge is 2.12. The van der Waals surface area contributed by atoms with Crippen molar-refractivity contribution in [3.63, 3.8) is 0 Å². The van der Waals surface area contributed by atoms with Gasteiger partial charge in [0.1, 0.15) is 6.61 Å². The van der Waals surface area contributed by atoms with Gasteiger partial charge in [-0.3, -0.25) is 0 Å². The monoisotopic (exact) mass is 247 g/mol. The molecular formula is C11H12ClF2NO. The molecule has 16 heavy (non-hydrogen) atoms. The second-order valence-corrected chi connectivity index (χ2v) is 3.76. The Morgan fingerprint density at radius 2 is 2.00 bits per heavy atom. The molecule has 0 heterocycles. The molecule has 0 aromatic heterocycles. The summed E-state index contributed by atoms with van der Waals surface area (Å²) in [5.74, 6) is -1.92. The van der Waals surface area contributed by atoms with E-state index in [1.807, 2.05) is 0 Å². The smallest absolute Gasteiger partial charge is 0.191 e. The van der Waals surface area contributed by atoms with Gasteiger partial charge in [0.2, 0.25) is 0 Å². The number of benzene rings is 1. The summed E-state index contributed by atoms with van der Waals surface area (Å²) in [5, 5.41) is 2.98. The molecule has 0 saturated carbocycles. The number of ether oxygens (including phenoxy) is 1. The van der Waals surface area contributed by atoms with E-state index in [4.69, 9.17) is 16.3 Å². The van der Waals surface area contributed by atoms with Crippen LogP contribution in [-0.4, -0.2) is 13.7 Å². The van der Waals surface area contributed by atoms with Crippen LogP contribution in [0.15, 0.2) is 23.7 Å². The van der Waals surface area contributed by atoms with E-state index in [1.165, 1.54) is 12.1 Å². The summed E-state index contributed by atoms with van der Waals surface area (Å²) in [7, 11) is 1.69. The minimum Gasteiger partial charge on any atom is -0.482 e. The van der Waals surface area contributed by atoms with Crippen LogP contribution in [0, 0.1) is 11.6 Å². The van der Waals surface area contributed by atoms with E-state index in [1.54, 1.807) is 7.05 Å². The van der Waals surface area contributed by atoms with E-state index in [2.05, 4.69) is 11.9 Å². The van der Waals surface area contributed by atoms with Crippen molar-refractivity contribution in [1.82, 2.24) is 5.32 Å². The Morgan fingerprint density at radius 1 is 1.44 bits per heavy atom. The minimum absolute atomic E-state index is 0.124.